The van der Waals surface area contributed by atoms with Crippen LogP contribution in [0.5, 0.6) is 0 Å². The number of carbonyl (C=O) groups is 1. The molecule has 2 aromatic rings. The van der Waals surface area contributed by atoms with Crippen LogP contribution in [0, 0.1) is 10.1 Å². The minimum atomic E-state index is -4.66. The summed E-state index contributed by atoms with van der Waals surface area (Å²) in [7, 11) is 0. The van der Waals surface area contributed by atoms with E-state index >= 15 is 0 Å². The lowest BCUT2D eigenvalue weighted by molar-refractivity contribution is -0.384. The highest BCUT2D eigenvalue weighted by Crippen LogP contribution is 2.36. The fourth-order valence-corrected chi connectivity index (χ4v) is 3.23. The van der Waals surface area contributed by atoms with Crippen LogP contribution in [-0.4, -0.2) is 48.5 Å². The summed E-state index contributed by atoms with van der Waals surface area (Å²) in [6.07, 6.45) is -4.66. The lowest BCUT2D eigenvalue weighted by Crippen LogP contribution is -2.49. The van der Waals surface area contributed by atoms with Gasteiger partial charge >= 0.3 is 6.18 Å². The summed E-state index contributed by atoms with van der Waals surface area (Å²) in [6.45, 7) is 1.37. The minimum Gasteiger partial charge on any atom is -0.367 e. The molecule has 1 fully saturated rings. The molecule has 1 heterocycles. The zero-order valence-electron chi connectivity index (χ0n) is 16.0. The number of rotatable bonds is 6. The van der Waals surface area contributed by atoms with Crippen molar-refractivity contribution in [2.45, 2.75) is 12.8 Å². The summed E-state index contributed by atoms with van der Waals surface area (Å²) in [4.78, 5) is 26.0. The van der Waals surface area contributed by atoms with Crippen LogP contribution in [0.1, 0.15) is 11.1 Å². The van der Waals surface area contributed by atoms with Crippen molar-refractivity contribution in [1.29, 1.82) is 0 Å². The molecule has 0 N–H and O–H groups in total. The maximum atomic E-state index is 12.9. The van der Waals surface area contributed by atoms with Gasteiger partial charge in [-0.1, -0.05) is 30.3 Å². The molecule has 1 saturated heterocycles. The highest BCUT2D eigenvalue weighted by molar-refractivity contribution is 5.78. The molecule has 160 valence electrons. The molecule has 0 bridgehead atoms. The number of hydrogen-bond acceptors (Lipinski definition) is 5. The molecule has 1 aliphatic heterocycles. The number of ether oxygens (including phenoxy) is 1. The Morgan fingerprint density at radius 3 is 2.33 bits per heavy atom. The van der Waals surface area contributed by atoms with Gasteiger partial charge in [-0.2, -0.15) is 13.2 Å². The predicted molar refractivity (Wildman–Crippen MR) is 103 cm³/mol. The van der Waals surface area contributed by atoms with Crippen LogP contribution in [-0.2, 0) is 22.3 Å². The SMILES string of the molecule is O=C(COCc1ccccc1)N1CCN(c2ccc(C(F)(F)F)cc2[N+](=O)[O-])CC1. The molecule has 3 rings (SSSR count). The van der Waals surface area contributed by atoms with E-state index in [0.29, 0.717) is 25.8 Å². The fourth-order valence-electron chi connectivity index (χ4n) is 3.23. The summed E-state index contributed by atoms with van der Waals surface area (Å²) in [5.74, 6) is -0.201. The topological polar surface area (TPSA) is 75.9 Å². The van der Waals surface area contributed by atoms with E-state index in [1.807, 2.05) is 30.3 Å². The first-order chi connectivity index (χ1) is 14.3. The zero-order valence-corrected chi connectivity index (χ0v) is 16.0. The predicted octanol–water partition coefficient (Wildman–Crippen LogP) is 3.48. The minimum absolute atomic E-state index is 0.0880. The lowest BCUT2D eigenvalue weighted by atomic mass is 10.1. The van der Waals surface area contributed by atoms with Gasteiger partial charge in [0.25, 0.3) is 5.69 Å². The van der Waals surface area contributed by atoms with E-state index in [1.54, 1.807) is 9.80 Å². The van der Waals surface area contributed by atoms with Gasteiger partial charge < -0.3 is 14.5 Å². The average Bonchev–Trinajstić information content (AvgIpc) is 2.73. The van der Waals surface area contributed by atoms with Crippen LogP contribution in [0.4, 0.5) is 24.5 Å². The van der Waals surface area contributed by atoms with E-state index in [4.69, 9.17) is 4.74 Å². The van der Waals surface area contributed by atoms with Crippen LogP contribution < -0.4 is 4.90 Å². The third-order valence-corrected chi connectivity index (χ3v) is 4.81. The molecular formula is C20H20F3N3O4. The number of carbonyl (C=O) groups excluding carboxylic acids is 1. The second-order valence-electron chi connectivity index (χ2n) is 6.80. The van der Waals surface area contributed by atoms with Gasteiger partial charge in [-0.25, -0.2) is 0 Å². The van der Waals surface area contributed by atoms with Crippen molar-refractivity contribution < 1.29 is 27.6 Å². The number of nitro groups is 1. The summed E-state index contributed by atoms with van der Waals surface area (Å²) in [5, 5.41) is 11.3. The molecule has 0 saturated carbocycles. The van der Waals surface area contributed by atoms with Gasteiger partial charge in [0.15, 0.2) is 0 Å². The fraction of sp³-hybridized carbons (Fsp3) is 0.350. The quantitative estimate of drug-likeness (QED) is 0.525. The Morgan fingerprint density at radius 2 is 1.73 bits per heavy atom. The molecule has 0 atom stereocenters. The number of anilines is 1. The summed E-state index contributed by atoms with van der Waals surface area (Å²) >= 11 is 0. The van der Waals surface area contributed by atoms with Crippen molar-refractivity contribution >= 4 is 17.3 Å². The van der Waals surface area contributed by atoms with E-state index in [2.05, 4.69) is 0 Å². The Bertz CT molecular complexity index is 898. The monoisotopic (exact) mass is 423 g/mol. The van der Waals surface area contributed by atoms with Crippen LogP contribution in [0.2, 0.25) is 0 Å². The molecule has 1 amide bonds. The number of amides is 1. The van der Waals surface area contributed by atoms with Crippen molar-refractivity contribution in [3.05, 3.63) is 69.8 Å². The van der Waals surface area contributed by atoms with Gasteiger partial charge in [0.2, 0.25) is 5.91 Å². The Morgan fingerprint density at radius 1 is 1.07 bits per heavy atom. The molecule has 30 heavy (non-hydrogen) atoms. The Hall–Kier alpha value is -3.14. The normalized spacial score (nSPS) is 14.6. The van der Waals surface area contributed by atoms with Gasteiger partial charge in [0.05, 0.1) is 17.1 Å². The molecule has 0 aromatic heterocycles. The molecule has 0 spiro atoms. The van der Waals surface area contributed by atoms with Gasteiger partial charge in [-0.15, -0.1) is 0 Å². The smallest absolute Gasteiger partial charge is 0.367 e. The molecule has 0 aliphatic carbocycles. The van der Waals surface area contributed by atoms with E-state index in [-0.39, 0.29) is 31.3 Å². The van der Waals surface area contributed by atoms with E-state index in [1.165, 1.54) is 0 Å². The molecule has 0 unspecified atom stereocenters. The van der Waals surface area contributed by atoms with Crippen molar-refractivity contribution in [3.8, 4) is 0 Å². The van der Waals surface area contributed by atoms with Crippen LogP contribution in [0.15, 0.2) is 48.5 Å². The maximum Gasteiger partial charge on any atom is 0.416 e. The number of nitrogens with zero attached hydrogens (tertiary/aromatic N) is 3. The molecule has 0 radical (unpaired) electrons. The van der Waals surface area contributed by atoms with E-state index < -0.39 is 22.4 Å². The number of nitro benzene ring substituents is 1. The van der Waals surface area contributed by atoms with Crippen LogP contribution in [0.25, 0.3) is 0 Å². The first kappa shape index (κ1) is 21.6. The largest absolute Gasteiger partial charge is 0.416 e. The number of hydrogen-bond donors (Lipinski definition) is 0. The third-order valence-electron chi connectivity index (χ3n) is 4.81. The Labute approximate surface area is 170 Å². The highest BCUT2D eigenvalue weighted by atomic mass is 19.4. The number of alkyl halides is 3. The number of benzene rings is 2. The van der Waals surface area contributed by atoms with Gasteiger partial charge in [-0.05, 0) is 17.7 Å². The molecule has 10 heteroatoms. The van der Waals surface area contributed by atoms with Gasteiger partial charge in [0, 0.05) is 32.2 Å². The Balaban J connectivity index is 1.57. The number of halogens is 3. The van der Waals surface area contributed by atoms with Crippen LogP contribution >= 0.6 is 0 Å². The van der Waals surface area contributed by atoms with Crippen molar-refractivity contribution in [2.75, 3.05) is 37.7 Å². The van der Waals surface area contributed by atoms with Crippen LogP contribution in [0.3, 0.4) is 0 Å². The maximum absolute atomic E-state index is 12.9. The second kappa shape index (κ2) is 9.12. The summed E-state index contributed by atoms with van der Waals surface area (Å²) in [5.41, 5.74) is -0.608. The average molecular weight is 423 g/mol. The zero-order chi connectivity index (χ0) is 21.7. The van der Waals surface area contributed by atoms with Crippen molar-refractivity contribution in [3.63, 3.8) is 0 Å². The van der Waals surface area contributed by atoms with Crippen molar-refractivity contribution in [1.82, 2.24) is 4.90 Å². The number of piperazine rings is 1. The standard InChI is InChI=1S/C20H20F3N3O4/c21-20(22,23)16-6-7-17(18(12-16)26(28)29)24-8-10-25(11-9-24)19(27)14-30-13-15-4-2-1-3-5-15/h1-7,12H,8-11,13-14H2. The summed E-state index contributed by atoms with van der Waals surface area (Å²) in [6, 6.07) is 11.9. The van der Waals surface area contributed by atoms with Gasteiger partial charge in [-0.3, -0.25) is 14.9 Å². The molecule has 1 aliphatic rings. The first-order valence-corrected chi connectivity index (χ1v) is 9.26. The third kappa shape index (κ3) is 5.26. The summed E-state index contributed by atoms with van der Waals surface area (Å²) < 4.78 is 44.0. The van der Waals surface area contributed by atoms with E-state index in [0.717, 1.165) is 17.7 Å². The molecule has 2 aromatic carbocycles. The lowest BCUT2D eigenvalue weighted by Gasteiger charge is -2.35. The first-order valence-electron chi connectivity index (χ1n) is 9.26. The molecule has 7 nitrogen and oxygen atoms in total. The Kier molecular flexibility index (Phi) is 6.56. The molecular weight excluding hydrogens is 403 g/mol. The van der Waals surface area contributed by atoms with Crippen molar-refractivity contribution in [2.24, 2.45) is 0 Å². The highest BCUT2D eigenvalue weighted by Gasteiger charge is 2.34. The van der Waals surface area contributed by atoms with Gasteiger partial charge in [0.1, 0.15) is 12.3 Å². The van der Waals surface area contributed by atoms with E-state index in [9.17, 15) is 28.1 Å². The second-order valence-corrected chi connectivity index (χ2v) is 6.80.